The largest absolute Gasteiger partial charge is 0.481 e. The summed E-state index contributed by atoms with van der Waals surface area (Å²) in [4.78, 5) is 15.9. The highest BCUT2D eigenvalue weighted by Crippen LogP contribution is 2.45. The molecule has 100 valence electrons. The molecule has 1 aromatic rings. The summed E-state index contributed by atoms with van der Waals surface area (Å²) >= 11 is 0. The molecule has 1 aromatic heterocycles. The lowest BCUT2D eigenvalue weighted by molar-refractivity contribution is -0.148. The summed E-state index contributed by atoms with van der Waals surface area (Å²) in [5, 5.41) is 13.7. The number of carboxylic acids is 1. The van der Waals surface area contributed by atoms with E-state index in [4.69, 9.17) is 0 Å². The van der Waals surface area contributed by atoms with Crippen LogP contribution in [0.5, 0.6) is 0 Å². The maximum atomic E-state index is 11.7. The van der Waals surface area contributed by atoms with Crippen LogP contribution in [-0.2, 0) is 17.8 Å². The van der Waals surface area contributed by atoms with Crippen molar-refractivity contribution >= 4 is 5.97 Å². The number of nitrogens with zero attached hydrogens (tertiary/aromatic N) is 3. The van der Waals surface area contributed by atoms with Gasteiger partial charge in [-0.25, -0.2) is 4.98 Å². The smallest absolute Gasteiger partial charge is 0.310 e. The van der Waals surface area contributed by atoms with E-state index in [0.717, 1.165) is 38.1 Å². The van der Waals surface area contributed by atoms with Crippen molar-refractivity contribution in [3.05, 3.63) is 12.2 Å². The Labute approximate surface area is 107 Å². The summed E-state index contributed by atoms with van der Waals surface area (Å²) in [5.41, 5.74) is -0.624. The standard InChI is InChI=1S/C13H21N3O2/c1-3-10-5-6-13(7-10,12(17)18)8-11-14-9-15-16(11)4-2/h9-10H,3-8H2,1-2H3,(H,17,18). The van der Waals surface area contributed by atoms with Gasteiger partial charge in [0, 0.05) is 13.0 Å². The third-order valence-corrected chi connectivity index (χ3v) is 4.23. The second kappa shape index (κ2) is 5.08. The van der Waals surface area contributed by atoms with Crippen molar-refractivity contribution in [1.29, 1.82) is 0 Å². The zero-order valence-corrected chi connectivity index (χ0v) is 11.1. The first-order valence-corrected chi connectivity index (χ1v) is 6.71. The number of carboxylic acid groups (broad SMARTS) is 1. The first kappa shape index (κ1) is 13.1. The van der Waals surface area contributed by atoms with E-state index in [0.29, 0.717) is 12.3 Å². The molecule has 0 aliphatic heterocycles. The summed E-state index contributed by atoms with van der Waals surface area (Å²) in [5.74, 6) is 0.667. The lowest BCUT2D eigenvalue weighted by Crippen LogP contribution is -2.32. The Balaban J connectivity index is 2.20. The number of hydrogen-bond donors (Lipinski definition) is 1. The maximum Gasteiger partial charge on any atom is 0.310 e. The van der Waals surface area contributed by atoms with E-state index in [1.54, 1.807) is 4.68 Å². The van der Waals surface area contributed by atoms with Crippen LogP contribution in [0.25, 0.3) is 0 Å². The van der Waals surface area contributed by atoms with Crippen LogP contribution in [0.3, 0.4) is 0 Å². The zero-order valence-electron chi connectivity index (χ0n) is 11.1. The molecule has 2 unspecified atom stereocenters. The van der Waals surface area contributed by atoms with Gasteiger partial charge in [-0.05, 0) is 32.1 Å². The van der Waals surface area contributed by atoms with Crippen molar-refractivity contribution in [1.82, 2.24) is 14.8 Å². The van der Waals surface area contributed by atoms with Gasteiger partial charge < -0.3 is 5.11 Å². The lowest BCUT2D eigenvalue weighted by atomic mass is 9.81. The Morgan fingerprint density at radius 1 is 1.61 bits per heavy atom. The average Bonchev–Trinajstić information content (AvgIpc) is 2.96. The predicted octanol–water partition coefficient (Wildman–Crippen LogP) is 2.12. The van der Waals surface area contributed by atoms with Gasteiger partial charge in [-0.3, -0.25) is 9.48 Å². The first-order valence-electron chi connectivity index (χ1n) is 6.71. The van der Waals surface area contributed by atoms with Crippen LogP contribution < -0.4 is 0 Å². The van der Waals surface area contributed by atoms with Crippen LogP contribution >= 0.6 is 0 Å². The molecule has 0 spiro atoms. The van der Waals surface area contributed by atoms with Gasteiger partial charge in [0.15, 0.2) is 0 Å². The van der Waals surface area contributed by atoms with Crippen molar-refractivity contribution in [3.63, 3.8) is 0 Å². The maximum absolute atomic E-state index is 11.7. The molecule has 5 nitrogen and oxygen atoms in total. The summed E-state index contributed by atoms with van der Waals surface area (Å²) in [6.07, 6.45) is 5.64. The first-order chi connectivity index (χ1) is 8.61. The predicted molar refractivity (Wildman–Crippen MR) is 67.1 cm³/mol. The van der Waals surface area contributed by atoms with Crippen LogP contribution in [0.15, 0.2) is 6.33 Å². The van der Waals surface area contributed by atoms with Crippen molar-refractivity contribution in [2.45, 2.75) is 52.5 Å². The van der Waals surface area contributed by atoms with E-state index in [1.165, 1.54) is 6.33 Å². The minimum absolute atomic E-state index is 0.507. The molecular formula is C13H21N3O2. The Bertz CT molecular complexity index is 430. The summed E-state index contributed by atoms with van der Waals surface area (Å²) < 4.78 is 1.80. The van der Waals surface area contributed by atoms with Gasteiger partial charge in [-0.1, -0.05) is 13.3 Å². The van der Waals surface area contributed by atoms with Crippen LogP contribution in [0.1, 0.15) is 45.4 Å². The van der Waals surface area contributed by atoms with Crippen molar-refractivity contribution < 1.29 is 9.90 Å². The molecule has 1 aliphatic rings. The molecule has 0 saturated heterocycles. The molecule has 1 heterocycles. The zero-order chi connectivity index (χ0) is 13.2. The highest BCUT2D eigenvalue weighted by molar-refractivity contribution is 5.75. The highest BCUT2D eigenvalue weighted by Gasteiger charge is 2.45. The molecule has 0 amide bonds. The summed E-state index contributed by atoms with van der Waals surface area (Å²) in [6.45, 7) is 4.87. The van der Waals surface area contributed by atoms with E-state index < -0.39 is 11.4 Å². The fraction of sp³-hybridized carbons (Fsp3) is 0.769. The van der Waals surface area contributed by atoms with E-state index >= 15 is 0 Å². The van der Waals surface area contributed by atoms with Crippen LogP contribution in [0.4, 0.5) is 0 Å². The second-order valence-electron chi connectivity index (χ2n) is 5.27. The molecule has 0 radical (unpaired) electrons. The molecule has 1 fully saturated rings. The van der Waals surface area contributed by atoms with Gasteiger partial charge in [0.25, 0.3) is 0 Å². The van der Waals surface area contributed by atoms with Crippen LogP contribution in [0, 0.1) is 11.3 Å². The SMILES string of the molecule is CCC1CCC(Cc2ncnn2CC)(C(=O)O)C1. The van der Waals surface area contributed by atoms with Gasteiger partial charge in [0.2, 0.25) is 0 Å². The van der Waals surface area contributed by atoms with Gasteiger partial charge in [-0.2, -0.15) is 5.10 Å². The molecule has 2 rings (SSSR count). The van der Waals surface area contributed by atoms with E-state index in [9.17, 15) is 9.90 Å². The number of rotatable bonds is 5. The normalized spacial score (nSPS) is 27.6. The second-order valence-corrected chi connectivity index (χ2v) is 5.27. The average molecular weight is 251 g/mol. The summed E-state index contributed by atoms with van der Waals surface area (Å²) in [6, 6.07) is 0. The fourth-order valence-electron chi connectivity index (χ4n) is 3.01. The molecule has 1 saturated carbocycles. The van der Waals surface area contributed by atoms with Gasteiger partial charge in [0.05, 0.1) is 5.41 Å². The van der Waals surface area contributed by atoms with Crippen LogP contribution in [0.2, 0.25) is 0 Å². The Morgan fingerprint density at radius 3 is 2.94 bits per heavy atom. The molecule has 2 atom stereocenters. The third-order valence-electron chi connectivity index (χ3n) is 4.23. The molecule has 18 heavy (non-hydrogen) atoms. The molecular weight excluding hydrogens is 230 g/mol. The Morgan fingerprint density at radius 2 is 2.39 bits per heavy atom. The van der Waals surface area contributed by atoms with Crippen molar-refractivity contribution in [2.75, 3.05) is 0 Å². The van der Waals surface area contributed by atoms with Gasteiger partial charge >= 0.3 is 5.97 Å². The van der Waals surface area contributed by atoms with E-state index in [2.05, 4.69) is 17.0 Å². The third kappa shape index (κ3) is 2.26. The minimum atomic E-state index is -0.677. The van der Waals surface area contributed by atoms with Gasteiger partial charge in [-0.15, -0.1) is 0 Å². The number of aromatic nitrogens is 3. The quantitative estimate of drug-likeness (QED) is 0.870. The monoisotopic (exact) mass is 251 g/mol. The molecule has 0 aromatic carbocycles. The number of carbonyl (C=O) groups is 1. The molecule has 1 aliphatic carbocycles. The fourth-order valence-corrected chi connectivity index (χ4v) is 3.01. The van der Waals surface area contributed by atoms with Gasteiger partial charge in [0.1, 0.15) is 12.2 Å². The Hall–Kier alpha value is -1.39. The van der Waals surface area contributed by atoms with Crippen molar-refractivity contribution in [2.24, 2.45) is 11.3 Å². The molecule has 1 N–H and O–H groups in total. The van der Waals surface area contributed by atoms with Crippen LogP contribution in [-0.4, -0.2) is 25.8 Å². The number of aryl methyl sites for hydroxylation is 1. The van der Waals surface area contributed by atoms with E-state index in [-0.39, 0.29) is 0 Å². The number of hydrogen-bond acceptors (Lipinski definition) is 3. The van der Waals surface area contributed by atoms with Crippen molar-refractivity contribution in [3.8, 4) is 0 Å². The molecule has 0 bridgehead atoms. The lowest BCUT2D eigenvalue weighted by Gasteiger charge is -2.23. The summed E-state index contributed by atoms with van der Waals surface area (Å²) in [7, 11) is 0. The topological polar surface area (TPSA) is 68.0 Å². The Kier molecular flexibility index (Phi) is 3.68. The van der Waals surface area contributed by atoms with E-state index in [1.807, 2.05) is 6.92 Å². The number of aliphatic carboxylic acids is 1. The molecule has 5 heteroatoms. The highest BCUT2D eigenvalue weighted by atomic mass is 16.4. The minimum Gasteiger partial charge on any atom is -0.481 e.